The summed E-state index contributed by atoms with van der Waals surface area (Å²) in [6.07, 6.45) is 8.85. The highest BCUT2D eigenvalue weighted by Gasteiger charge is 2.44. The van der Waals surface area contributed by atoms with E-state index in [1.54, 1.807) is 3.97 Å². The van der Waals surface area contributed by atoms with Crippen LogP contribution in [0.4, 0.5) is 3.89 Å². The lowest BCUT2D eigenvalue weighted by Gasteiger charge is -2.24. The van der Waals surface area contributed by atoms with Gasteiger partial charge < -0.3 is 4.74 Å². The van der Waals surface area contributed by atoms with E-state index in [1.807, 2.05) is 6.20 Å². The molecular formula is C16H17FN2OS. The number of halogens is 1. The van der Waals surface area contributed by atoms with Gasteiger partial charge in [0.25, 0.3) is 0 Å². The van der Waals surface area contributed by atoms with Crippen molar-refractivity contribution in [1.82, 2.24) is 8.96 Å². The first-order valence-corrected chi connectivity index (χ1v) is 8.46. The van der Waals surface area contributed by atoms with Gasteiger partial charge in [0.05, 0.1) is 12.2 Å². The molecule has 0 N–H and O–H groups in total. The maximum atomic E-state index is 13.5. The van der Waals surface area contributed by atoms with Gasteiger partial charge in [-0.1, -0.05) is 12.8 Å². The summed E-state index contributed by atoms with van der Waals surface area (Å²) in [5.74, 6) is 0.514. The average molecular weight is 304 g/mol. The number of pyridine rings is 1. The summed E-state index contributed by atoms with van der Waals surface area (Å²) in [7, 11) is 0. The fourth-order valence-corrected chi connectivity index (χ4v) is 4.69. The standard InChI is InChI=1S/C16H17FN2OS/c17-21-19-13(10-3-4-10)7-12-14-11(8-18-15(12)19)9-20-16(14)5-1-2-6-16/h7-8,10H,1-6,9H2. The van der Waals surface area contributed by atoms with Crippen LogP contribution in [-0.4, -0.2) is 8.96 Å². The van der Waals surface area contributed by atoms with Crippen LogP contribution in [0.25, 0.3) is 11.0 Å². The predicted octanol–water partition coefficient (Wildman–Crippen LogP) is 4.59. The van der Waals surface area contributed by atoms with Gasteiger partial charge in [0.15, 0.2) is 18.0 Å². The Balaban J connectivity index is 1.80. The Morgan fingerprint density at radius 2 is 2.14 bits per heavy atom. The predicted molar refractivity (Wildman–Crippen MR) is 80.7 cm³/mol. The van der Waals surface area contributed by atoms with E-state index in [9.17, 15) is 3.89 Å². The molecule has 2 fully saturated rings. The van der Waals surface area contributed by atoms with Crippen LogP contribution >= 0.6 is 12.3 Å². The van der Waals surface area contributed by atoms with Crippen molar-refractivity contribution >= 4 is 23.4 Å². The van der Waals surface area contributed by atoms with E-state index >= 15 is 0 Å². The molecule has 2 aromatic heterocycles. The zero-order chi connectivity index (χ0) is 14.0. The Hall–Kier alpha value is -1.07. The second kappa shape index (κ2) is 4.23. The molecule has 1 aliphatic heterocycles. The zero-order valence-electron chi connectivity index (χ0n) is 11.8. The molecule has 2 aliphatic carbocycles. The molecule has 0 aromatic carbocycles. The summed E-state index contributed by atoms with van der Waals surface area (Å²) in [5.41, 5.74) is 4.26. The van der Waals surface area contributed by atoms with E-state index in [2.05, 4.69) is 11.1 Å². The number of aromatic nitrogens is 2. The van der Waals surface area contributed by atoms with Crippen molar-refractivity contribution in [2.75, 3.05) is 0 Å². The molecule has 2 saturated carbocycles. The number of ether oxygens (including phenoxy) is 1. The Bertz CT molecular complexity index is 731. The van der Waals surface area contributed by atoms with Gasteiger partial charge in [-0.15, -0.1) is 3.89 Å². The fourth-order valence-electron chi connectivity index (χ4n) is 4.20. The molecule has 2 aromatic rings. The van der Waals surface area contributed by atoms with Crippen molar-refractivity contribution in [3.8, 4) is 0 Å². The van der Waals surface area contributed by atoms with Crippen LogP contribution in [0.5, 0.6) is 0 Å². The van der Waals surface area contributed by atoms with Gasteiger partial charge in [0.1, 0.15) is 0 Å². The maximum absolute atomic E-state index is 13.5. The van der Waals surface area contributed by atoms with Crippen molar-refractivity contribution < 1.29 is 8.62 Å². The van der Waals surface area contributed by atoms with Crippen molar-refractivity contribution in [1.29, 1.82) is 0 Å². The molecule has 3 aliphatic rings. The van der Waals surface area contributed by atoms with Gasteiger partial charge in [0, 0.05) is 34.3 Å². The lowest BCUT2D eigenvalue weighted by atomic mass is 9.89. The molecule has 3 nitrogen and oxygen atoms in total. The van der Waals surface area contributed by atoms with Gasteiger partial charge in [-0.05, 0) is 31.7 Å². The molecule has 5 rings (SSSR count). The van der Waals surface area contributed by atoms with Gasteiger partial charge >= 0.3 is 0 Å². The van der Waals surface area contributed by atoms with Crippen LogP contribution in [-0.2, 0) is 16.9 Å². The summed E-state index contributed by atoms with van der Waals surface area (Å²) < 4.78 is 21.3. The highest BCUT2D eigenvalue weighted by Crippen LogP contribution is 2.52. The summed E-state index contributed by atoms with van der Waals surface area (Å²) in [4.78, 5) is 4.53. The number of rotatable bonds is 2. The van der Waals surface area contributed by atoms with Crippen LogP contribution in [0.3, 0.4) is 0 Å². The quantitative estimate of drug-likeness (QED) is 0.811. The van der Waals surface area contributed by atoms with Crippen molar-refractivity contribution in [2.24, 2.45) is 0 Å². The van der Waals surface area contributed by atoms with Crippen LogP contribution in [0.15, 0.2) is 12.3 Å². The van der Waals surface area contributed by atoms with E-state index in [4.69, 9.17) is 4.74 Å². The molecular weight excluding hydrogens is 287 g/mol. The number of hydrogen-bond donors (Lipinski definition) is 0. The number of hydrogen-bond acceptors (Lipinski definition) is 3. The molecule has 0 atom stereocenters. The summed E-state index contributed by atoms with van der Waals surface area (Å²) >= 11 is 0.290. The van der Waals surface area contributed by atoms with Crippen LogP contribution < -0.4 is 0 Å². The third-order valence-corrected chi connectivity index (χ3v) is 5.85. The summed E-state index contributed by atoms with van der Waals surface area (Å²) in [6.45, 7) is 0.658. The van der Waals surface area contributed by atoms with Gasteiger partial charge in [-0.2, -0.15) is 0 Å². The molecule has 21 heavy (non-hydrogen) atoms. The van der Waals surface area contributed by atoms with Gasteiger partial charge in [-0.3, -0.25) is 0 Å². The first-order valence-electron chi connectivity index (χ1n) is 7.79. The topological polar surface area (TPSA) is 27.1 Å². The molecule has 0 radical (unpaired) electrons. The van der Waals surface area contributed by atoms with Crippen LogP contribution in [0, 0.1) is 0 Å². The number of fused-ring (bicyclic) bond motifs is 4. The van der Waals surface area contributed by atoms with E-state index in [1.165, 1.54) is 36.8 Å². The zero-order valence-corrected chi connectivity index (χ0v) is 12.6. The maximum Gasteiger partial charge on any atom is 0.171 e. The van der Waals surface area contributed by atoms with E-state index in [0.717, 1.165) is 29.6 Å². The first-order chi connectivity index (χ1) is 10.3. The monoisotopic (exact) mass is 304 g/mol. The fraction of sp³-hybridized carbons (Fsp3) is 0.562. The van der Waals surface area contributed by atoms with E-state index < -0.39 is 0 Å². The third-order valence-electron chi connectivity index (χ3n) is 5.33. The highest BCUT2D eigenvalue weighted by molar-refractivity contribution is 7.92. The van der Waals surface area contributed by atoms with Crippen molar-refractivity contribution in [3.05, 3.63) is 29.1 Å². The Morgan fingerprint density at radius 3 is 2.86 bits per heavy atom. The molecule has 0 unspecified atom stereocenters. The molecule has 110 valence electrons. The molecule has 1 spiro atoms. The highest BCUT2D eigenvalue weighted by atomic mass is 32.2. The van der Waals surface area contributed by atoms with Crippen LogP contribution in [0.1, 0.15) is 61.3 Å². The largest absolute Gasteiger partial charge is 0.366 e. The lowest BCUT2D eigenvalue weighted by molar-refractivity contribution is -0.0317. The van der Waals surface area contributed by atoms with E-state index in [0.29, 0.717) is 12.5 Å². The lowest BCUT2D eigenvalue weighted by Crippen LogP contribution is -2.20. The normalized spacial score (nSPS) is 23.3. The molecule has 0 amide bonds. The second-order valence-corrected chi connectivity index (χ2v) is 7.10. The van der Waals surface area contributed by atoms with Crippen molar-refractivity contribution in [2.45, 2.75) is 56.7 Å². The number of nitrogens with zero attached hydrogens (tertiary/aromatic N) is 2. The minimum atomic E-state index is -0.121. The third kappa shape index (κ3) is 1.62. The second-order valence-electron chi connectivity index (χ2n) is 6.59. The van der Waals surface area contributed by atoms with Gasteiger partial charge in [0.2, 0.25) is 0 Å². The average Bonchev–Trinajstić information content (AvgIpc) is 2.98. The Labute approximate surface area is 127 Å². The summed E-state index contributed by atoms with van der Waals surface area (Å²) in [6, 6.07) is 2.18. The smallest absolute Gasteiger partial charge is 0.171 e. The minimum absolute atomic E-state index is 0.121. The minimum Gasteiger partial charge on any atom is -0.366 e. The Kier molecular flexibility index (Phi) is 2.51. The SMILES string of the molecule is FSn1c(C2CC2)cc2c3c(cnc21)COC31CCCC1. The molecule has 0 bridgehead atoms. The molecule has 0 saturated heterocycles. The van der Waals surface area contributed by atoms with E-state index in [-0.39, 0.29) is 17.9 Å². The Morgan fingerprint density at radius 1 is 1.33 bits per heavy atom. The van der Waals surface area contributed by atoms with Crippen LogP contribution in [0.2, 0.25) is 0 Å². The molecule has 3 heterocycles. The summed E-state index contributed by atoms with van der Waals surface area (Å²) in [5, 5.41) is 1.12. The van der Waals surface area contributed by atoms with Gasteiger partial charge in [-0.25, -0.2) is 8.96 Å². The molecule has 5 heteroatoms. The first kappa shape index (κ1) is 12.5. The van der Waals surface area contributed by atoms with Crippen molar-refractivity contribution in [3.63, 3.8) is 0 Å².